The van der Waals surface area contributed by atoms with Crippen molar-refractivity contribution in [3.8, 4) is 17.3 Å². The number of nitrogens with zero attached hydrogens (tertiary/aromatic N) is 4. The van der Waals surface area contributed by atoms with Gasteiger partial charge in [-0.1, -0.05) is 18.2 Å². The van der Waals surface area contributed by atoms with Crippen molar-refractivity contribution in [1.29, 1.82) is 0 Å². The number of imidazole rings is 1. The van der Waals surface area contributed by atoms with Crippen molar-refractivity contribution < 1.29 is 18.3 Å². The molecule has 9 heteroatoms. The van der Waals surface area contributed by atoms with E-state index < -0.39 is 13.0 Å². The number of likely N-dealkylation sites (tertiary alicyclic amines) is 1. The zero-order valence-electron chi connectivity index (χ0n) is 18.6. The van der Waals surface area contributed by atoms with E-state index in [9.17, 15) is 13.6 Å². The fourth-order valence-electron chi connectivity index (χ4n) is 5.23. The van der Waals surface area contributed by atoms with Gasteiger partial charge in [-0.15, -0.1) is 0 Å². The monoisotopic (exact) mass is 465 g/mol. The molecule has 0 bridgehead atoms. The predicted molar refractivity (Wildman–Crippen MR) is 125 cm³/mol. The quantitative estimate of drug-likeness (QED) is 0.496. The molecule has 0 spiro atoms. The lowest BCUT2D eigenvalue weighted by atomic mass is 10.0. The summed E-state index contributed by atoms with van der Waals surface area (Å²) in [5.41, 5.74) is 9.34. The number of ether oxygens (including phenoxy) is 1. The van der Waals surface area contributed by atoms with Crippen LogP contribution in [0.5, 0.6) is 5.75 Å². The van der Waals surface area contributed by atoms with Gasteiger partial charge >= 0.3 is 0 Å². The van der Waals surface area contributed by atoms with Crippen molar-refractivity contribution >= 4 is 27.8 Å². The van der Waals surface area contributed by atoms with Gasteiger partial charge in [0.15, 0.2) is 5.82 Å². The molecule has 4 aromatic rings. The highest BCUT2D eigenvalue weighted by atomic mass is 19.3. The van der Waals surface area contributed by atoms with Crippen LogP contribution in [0.15, 0.2) is 42.5 Å². The first-order valence-electron chi connectivity index (χ1n) is 11.6. The fraction of sp³-hybridized carbons (Fsp3) is 0.360. The van der Waals surface area contributed by atoms with Crippen LogP contribution in [0.1, 0.15) is 23.2 Å². The van der Waals surface area contributed by atoms with Crippen LogP contribution in [0.3, 0.4) is 0 Å². The standard InChI is InChI=1S/C25H25F2N5O2/c26-22(27)14-32-19-6-2-1-4-15(19)11-20(32)24-29-18-10-16(12-21-23(18)31(24)8-9-34-21)25(33)30-7-3-5-17(28)13-30/h1-2,4,6,10-12,17,22H,3,5,7-9,13-14,28H2. The van der Waals surface area contributed by atoms with Crippen molar-refractivity contribution in [2.24, 2.45) is 5.73 Å². The number of para-hydroxylation sites is 1. The van der Waals surface area contributed by atoms with E-state index in [1.807, 2.05) is 34.9 Å². The van der Waals surface area contributed by atoms with E-state index in [1.165, 1.54) is 0 Å². The summed E-state index contributed by atoms with van der Waals surface area (Å²) in [5, 5.41) is 0.877. The Balaban J connectivity index is 1.49. The van der Waals surface area contributed by atoms with E-state index in [0.29, 0.717) is 54.6 Å². The Kier molecular flexibility index (Phi) is 5.02. The summed E-state index contributed by atoms with van der Waals surface area (Å²) in [6, 6.07) is 12.9. The number of hydrogen-bond acceptors (Lipinski definition) is 4. The second kappa shape index (κ2) is 8.09. The number of carbonyl (C=O) groups excluding carboxylic acids is 1. The van der Waals surface area contributed by atoms with Gasteiger partial charge in [-0.2, -0.15) is 0 Å². The van der Waals surface area contributed by atoms with Gasteiger partial charge < -0.3 is 24.5 Å². The third-order valence-electron chi connectivity index (χ3n) is 6.73. The van der Waals surface area contributed by atoms with E-state index in [-0.39, 0.29) is 11.9 Å². The summed E-state index contributed by atoms with van der Waals surface area (Å²) in [6.07, 6.45) is -0.705. The second-order valence-electron chi connectivity index (χ2n) is 9.02. The van der Waals surface area contributed by atoms with Crippen LogP contribution < -0.4 is 10.5 Å². The Morgan fingerprint density at radius 1 is 1.21 bits per heavy atom. The molecule has 2 aliphatic rings. The average molecular weight is 466 g/mol. The van der Waals surface area contributed by atoms with Crippen LogP contribution in [0.25, 0.3) is 33.5 Å². The maximum Gasteiger partial charge on any atom is 0.256 e. The minimum Gasteiger partial charge on any atom is -0.489 e. The summed E-state index contributed by atoms with van der Waals surface area (Å²) in [5.74, 6) is 1.09. The van der Waals surface area contributed by atoms with E-state index in [4.69, 9.17) is 15.5 Å². The van der Waals surface area contributed by atoms with Gasteiger partial charge in [0.25, 0.3) is 12.3 Å². The van der Waals surface area contributed by atoms with Crippen molar-refractivity contribution in [2.45, 2.75) is 38.4 Å². The first-order valence-corrected chi connectivity index (χ1v) is 11.6. The maximum absolute atomic E-state index is 13.5. The number of alkyl halides is 2. The lowest BCUT2D eigenvalue weighted by Crippen LogP contribution is -2.45. The molecule has 0 aliphatic carbocycles. The van der Waals surface area contributed by atoms with Gasteiger partial charge in [0.2, 0.25) is 0 Å². The number of hydrogen-bond donors (Lipinski definition) is 1. The van der Waals surface area contributed by atoms with Crippen LogP contribution in [-0.2, 0) is 13.1 Å². The molecule has 1 atom stereocenters. The third kappa shape index (κ3) is 3.42. The fourth-order valence-corrected chi connectivity index (χ4v) is 5.23. The minimum absolute atomic E-state index is 0.0152. The van der Waals surface area contributed by atoms with E-state index in [0.717, 1.165) is 29.3 Å². The number of halogens is 2. The lowest BCUT2D eigenvalue weighted by molar-refractivity contribution is 0.0708. The number of aromatic nitrogens is 3. The van der Waals surface area contributed by atoms with Crippen molar-refractivity contribution in [1.82, 2.24) is 19.0 Å². The topological polar surface area (TPSA) is 78.3 Å². The Morgan fingerprint density at radius 2 is 2.06 bits per heavy atom. The molecule has 2 aromatic heterocycles. The summed E-state index contributed by atoms with van der Waals surface area (Å²) < 4.78 is 36.6. The summed E-state index contributed by atoms with van der Waals surface area (Å²) in [6.45, 7) is 1.74. The van der Waals surface area contributed by atoms with Crippen LogP contribution >= 0.6 is 0 Å². The van der Waals surface area contributed by atoms with E-state index in [2.05, 4.69) is 0 Å². The second-order valence-corrected chi connectivity index (χ2v) is 9.02. The molecule has 7 nitrogen and oxygen atoms in total. The highest BCUT2D eigenvalue weighted by Crippen LogP contribution is 2.37. The SMILES string of the molecule is NC1CCCN(C(=O)c2cc3c4c(c2)nc(-c2cc5ccccc5n2CC(F)F)n4CCO3)C1. The maximum atomic E-state index is 13.5. The number of fused-ring (bicyclic) bond motifs is 1. The number of carbonyl (C=O) groups is 1. The van der Waals surface area contributed by atoms with Gasteiger partial charge in [0.1, 0.15) is 17.9 Å². The van der Waals surface area contributed by atoms with Crippen LogP contribution in [0, 0.1) is 0 Å². The largest absolute Gasteiger partial charge is 0.489 e. The molecule has 0 radical (unpaired) electrons. The molecule has 1 amide bonds. The minimum atomic E-state index is -2.50. The number of benzene rings is 2. The number of rotatable bonds is 4. The van der Waals surface area contributed by atoms with Crippen LogP contribution in [0.2, 0.25) is 0 Å². The predicted octanol–water partition coefficient (Wildman–Crippen LogP) is 3.88. The van der Waals surface area contributed by atoms with Gasteiger partial charge in [-0.05, 0) is 37.1 Å². The van der Waals surface area contributed by atoms with Crippen molar-refractivity contribution in [2.75, 3.05) is 19.7 Å². The highest BCUT2D eigenvalue weighted by molar-refractivity contribution is 6.00. The van der Waals surface area contributed by atoms with Gasteiger partial charge in [0.05, 0.1) is 24.3 Å². The van der Waals surface area contributed by atoms with E-state index >= 15 is 0 Å². The normalized spacial score (nSPS) is 18.1. The molecule has 2 N–H and O–H groups in total. The zero-order chi connectivity index (χ0) is 23.4. The van der Waals surface area contributed by atoms with Crippen molar-refractivity contribution in [3.63, 3.8) is 0 Å². The van der Waals surface area contributed by atoms with Gasteiger partial charge in [0, 0.05) is 35.6 Å². The molecule has 2 aromatic carbocycles. The first-order chi connectivity index (χ1) is 16.5. The number of amides is 1. The Hall–Kier alpha value is -3.46. The molecule has 0 saturated carbocycles. The number of nitrogens with two attached hydrogens (primary N) is 1. The highest BCUT2D eigenvalue weighted by Gasteiger charge is 2.28. The third-order valence-corrected chi connectivity index (χ3v) is 6.73. The molecule has 1 fully saturated rings. The number of piperidine rings is 1. The van der Waals surface area contributed by atoms with E-state index in [1.54, 1.807) is 21.6 Å². The van der Waals surface area contributed by atoms with Gasteiger partial charge in [-0.25, -0.2) is 13.8 Å². The van der Waals surface area contributed by atoms with Crippen LogP contribution in [0.4, 0.5) is 8.78 Å². The van der Waals surface area contributed by atoms with Gasteiger partial charge in [-0.3, -0.25) is 4.79 Å². The lowest BCUT2D eigenvalue weighted by Gasteiger charge is -2.31. The zero-order valence-corrected chi connectivity index (χ0v) is 18.6. The Morgan fingerprint density at radius 3 is 2.88 bits per heavy atom. The molecule has 2 aliphatic heterocycles. The Labute approximate surface area is 194 Å². The Bertz CT molecular complexity index is 1410. The molecule has 34 heavy (non-hydrogen) atoms. The first kappa shape index (κ1) is 21.1. The molecule has 4 heterocycles. The average Bonchev–Trinajstić information content (AvgIpc) is 3.38. The molecular formula is C25H25F2N5O2. The smallest absolute Gasteiger partial charge is 0.256 e. The molecule has 6 rings (SSSR count). The molecule has 176 valence electrons. The molecule has 1 saturated heterocycles. The summed E-state index contributed by atoms with van der Waals surface area (Å²) in [4.78, 5) is 19.8. The van der Waals surface area contributed by atoms with Crippen molar-refractivity contribution in [3.05, 3.63) is 48.0 Å². The molecule has 1 unspecified atom stereocenters. The summed E-state index contributed by atoms with van der Waals surface area (Å²) >= 11 is 0. The molecular weight excluding hydrogens is 440 g/mol. The summed E-state index contributed by atoms with van der Waals surface area (Å²) in [7, 11) is 0. The van der Waals surface area contributed by atoms with Crippen LogP contribution in [-0.4, -0.2) is 57.1 Å².